The molecule has 0 unspecified atom stereocenters. The number of nitrogens with zero attached hydrogens (tertiary/aromatic N) is 2. The number of hydrogen-bond acceptors (Lipinski definition) is 3. The summed E-state index contributed by atoms with van der Waals surface area (Å²) >= 11 is 0. The van der Waals surface area contributed by atoms with Gasteiger partial charge in [-0.2, -0.15) is 0 Å². The Labute approximate surface area is 102 Å². The van der Waals surface area contributed by atoms with Crippen LogP contribution < -0.4 is 10.6 Å². The fourth-order valence-electron chi connectivity index (χ4n) is 2.17. The molecule has 2 heterocycles. The summed E-state index contributed by atoms with van der Waals surface area (Å²) in [7, 11) is 0. The summed E-state index contributed by atoms with van der Waals surface area (Å²) in [5.74, 6) is 0.207. The van der Waals surface area contributed by atoms with Crippen molar-refractivity contribution < 1.29 is 4.39 Å². The highest BCUT2D eigenvalue weighted by atomic mass is 19.1. The van der Waals surface area contributed by atoms with Crippen molar-refractivity contribution in [1.29, 1.82) is 0 Å². The van der Waals surface area contributed by atoms with Crippen LogP contribution in [0.15, 0.2) is 12.3 Å². The molecule has 1 aromatic rings. The molecule has 0 atom stereocenters. The van der Waals surface area contributed by atoms with Crippen LogP contribution in [-0.4, -0.2) is 18.1 Å². The average molecular weight is 237 g/mol. The van der Waals surface area contributed by atoms with Crippen LogP contribution in [0.3, 0.4) is 0 Å². The number of aromatic nitrogens is 1. The van der Waals surface area contributed by atoms with Crippen molar-refractivity contribution in [2.45, 2.75) is 33.2 Å². The second kappa shape index (κ2) is 4.61. The fraction of sp³-hybridized carbons (Fsp3) is 0.615. The van der Waals surface area contributed by atoms with Crippen LogP contribution >= 0.6 is 0 Å². The topological polar surface area (TPSA) is 42.2 Å². The minimum atomic E-state index is -0.255. The van der Waals surface area contributed by atoms with E-state index in [0.29, 0.717) is 16.8 Å². The molecule has 0 amide bonds. The number of piperidine rings is 1. The van der Waals surface area contributed by atoms with E-state index < -0.39 is 0 Å². The third-order valence-electron chi connectivity index (χ3n) is 3.59. The zero-order valence-corrected chi connectivity index (χ0v) is 10.5. The van der Waals surface area contributed by atoms with E-state index in [1.165, 1.54) is 0 Å². The zero-order valence-electron chi connectivity index (χ0n) is 10.5. The van der Waals surface area contributed by atoms with E-state index in [0.717, 1.165) is 25.9 Å². The summed E-state index contributed by atoms with van der Waals surface area (Å²) in [6.07, 6.45) is 3.78. The molecular weight excluding hydrogens is 217 g/mol. The van der Waals surface area contributed by atoms with E-state index in [4.69, 9.17) is 5.73 Å². The Morgan fingerprint density at radius 1 is 1.41 bits per heavy atom. The maximum absolute atomic E-state index is 14.1. The molecule has 0 aliphatic carbocycles. The Morgan fingerprint density at radius 2 is 2.06 bits per heavy atom. The lowest BCUT2D eigenvalue weighted by Crippen LogP contribution is -2.38. The van der Waals surface area contributed by atoms with Gasteiger partial charge in [-0.25, -0.2) is 9.37 Å². The maximum Gasteiger partial charge on any atom is 0.170 e. The van der Waals surface area contributed by atoms with Gasteiger partial charge in [-0.05, 0) is 24.3 Å². The molecular formula is C13H20FN3. The first kappa shape index (κ1) is 12.3. The van der Waals surface area contributed by atoms with E-state index in [9.17, 15) is 4.39 Å². The van der Waals surface area contributed by atoms with Gasteiger partial charge in [0.1, 0.15) is 0 Å². The summed E-state index contributed by atoms with van der Waals surface area (Å²) in [6.45, 7) is 6.46. The zero-order chi connectivity index (χ0) is 12.5. The number of nitrogens with two attached hydrogens (primary N) is 1. The normalized spacial score (nSPS) is 19.4. The molecule has 17 heavy (non-hydrogen) atoms. The molecule has 0 aromatic carbocycles. The van der Waals surface area contributed by atoms with E-state index in [1.807, 2.05) is 4.90 Å². The quantitative estimate of drug-likeness (QED) is 0.858. The first-order chi connectivity index (χ1) is 8.03. The van der Waals surface area contributed by atoms with E-state index in [1.54, 1.807) is 12.3 Å². The minimum absolute atomic E-state index is 0.223. The van der Waals surface area contributed by atoms with Crippen molar-refractivity contribution in [1.82, 2.24) is 4.98 Å². The molecule has 1 aliphatic rings. The van der Waals surface area contributed by atoms with Crippen molar-refractivity contribution in [3.05, 3.63) is 23.6 Å². The number of pyridine rings is 1. The van der Waals surface area contributed by atoms with Crippen molar-refractivity contribution in [3.63, 3.8) is 0 Å². The lowest BCUT2D eigenvalue weighted by atomic mass is 9.83. The van der Waals surface area contributed by atoms with Crippen LogP contribution in [-0.2, 0) is 6.54 Å². The van der Waals surface area contributed by atoms with Gasteiger partial charge in [0.15, 0.2) is 11.6 Å². The van der Waals surface area contributed by atoms with Crippen LogP contribution in [0.2, 0.25) is 0 Å². The number of halogens is 1. The van der Waals surface area contributed by atoms with Crippen molar-refractivity contribution in [2.75, 3.05) is 18.0 Å². The van der Waals surface area contributed by atoms with Crippen LogP contribution in [0.4, 0.5) is 10.2 Å². The molecule has 1 aromatic heterocycles. The van der Waals surface area contributed by atoms with Crippen molar-refractivity contribution >= 4 is 5.82 Å². The van der Waals surface area contributed by atoms with E-state index >= 15 is 0 Å². The Hall–Kier alpha value is -1.16. The molecule has 2 N–H and O–H groups in total. The first-order valence-corrected chi connectivity index (χ1v) is 6.12. The van der Waals surface area contributed by atoms with E-state index in [-0.39, 0.29) is 12.4 Å². The molecule has 0 saturated carbocycles. The summed E-state index contributed by atoms with van der Waals surface area (Å²) in [5, 5.41) is 0. The van der Waals surface area contributed by atoms with Crippen LogP contribution in [0.1, 0.15) is 32.3 Å². The fourth-order valence-corrected chi connectivity index (χ4v) is 2.17. The molecule has 0 radical (unpaired) electrons. The van der Waals surface area contributed by atoms with E-state index in [2.05, 4.69) is 18.8 Å². The predicted molar refractivity (Wildman–Crippen MR) is 67.3 cm³/mol. The van der Waals surface area contributed by atoms with Gasteiger partial charge in [-0.1, -0.05) is 13.8 Å². The maximum atomic E-state index is 14.1. The third-order valence-corrected chi connectivity index (χ3v) is 3.59. The second-order valence-corrected chi connectivity index (χ2v) is 5.46. The lowest BCUT2D eigenvalue weighted by molar-refractivity contribution is 0.278. The van der Waals surface area contributed by atoms with Crippen LogP contribution in [0.25, 0.3) is 0 Å². The van der Waals surface area contributed by atoms with Gasteiger partial charge in [-0.15, -0.1) is 0 Å². The Balaban J connectivity index is 2.19. The standard InChI is InChI=1S/C13H20FN3/c1-13(2)4-7-17(8-5-13)12-11(14)10(9-15)3-6-16-12/h3,6H,4-5,7-9,15H2,1-2H3. The molecule has 1 fully saturated rings. The van der Waals surface area contributed by atoms with Gasteiger partial charge < -0.3 is 10.6 Å². The summed E-state index contributed by atoms with van der Waals surface area (Å²) in [5.41, 5.74) is 6.41. The van der Waals surface area contributed by atoms with Gasteiger partial charge in [0.05, 0.1) is 0 Å². The van der Waals surface area contributed by atoms with Crippen LogP contribution in [0, 0.1) is 11.2 Å². The largest absolute Gasteiger partial charge is 0.354 e. The minimum Gasteiger partial charge on any atom is -0.354 e. The van der Waals surface area contributed by atoms with Gasteiger partial charge >= 0.3 is 0 Å². The molecule has 0 spiro atoms. The van der Waals surface area contributed by atoms with Crippen LogP contribution in [0.5, 0.6) is 0 Å². The van der Waals surface area contributed by atoms with Gasteiger partial charge in [-0.3, -0.25) is 0 Å². The molecule has 3 nitrogen and oxygen atoms in total. The number of hydrogen-bond donors (Lipinski definition) is 1. The number of rotatable bonds is 2. The Kier molecular flexibility index (Phi) is 3.33. The highest BCUT2D eigenvalue weighted by Gasteiger charge is 2.27. The highest BCUT2D eigenvalue weighted by molar-refractivity contribution is 5.43. The van der Waals surface area contributed by atoms with Crippen molar-refractivity contribution in [2.24, 2.45) is 11.1 Å². The van der Waals surface area contributed by atoms with Crippen molar-refractivity contribution in [3.8, 4) is 0 Å². The Bertz CT molecular complexity index is 394. The SMILES string of the molecule is CC1(C)CCN(c2nccc(CN)c2F)CC1. The molecule has 0 bridgehead atoms. The molecule has 2 rings (SSSR count). The predicted octanol–water partition coefficient (Wildman–Crippen LogP) is 2.31. The highest BCUT2D eigenvalue weighted by Crippen LogP contribution is 2.32. The molecule has 94 valence electrons. The second-order valence-electron chi connectivity index (χ2n) is 5.46. The van der Waals surface area contributed by atoms with Gasteiger partial charge in [0.2, 0.25) is 0 Å². The smallest absolute Gasteiger partial charge is 0.170 e. The lowest BCUT2D eigenvalue weighted by Gasteiger charge is -2.37. The summed E-state index contributed by atoms with van der Waals surface area (Å²) in [4.78, 5) is 6.18. The monoisotopic (exact) mass is 237 g/mol. The number of anilines is 1. The first-order valence-electron chi connectivity index (χ1n) is 6.12. The van der Waals surface area contributed by atoms with Gasteiger partial charge in [0, 0.05) is 31.4 Å². The molecule has 4 heteroatoms. The Morgan fingerprint density at radius 3 is 2.65 bits per heavy atom. The summed E-state index contributed by atoms with van der Waals surface area (Å²) < 4.78 is 14.1. The van der Waals surface area contributed by atoms with Gasteiger partial charge in [0.25, 0.3) is 0 Å². The third kappa shape index (κ3) is 2.57. The molecule has 1 saturated heterocycles. The summed E-state index contributed by atoms with van der Waals surface area (Å²) in [6, 6.07) is 1.65. The average Bonchev–Trinajstić information content (AvgIpc) is 2.30. The molecule has 1 aliphatic heterocycles.